The largest absolute Gasteiger partial charge is 0.326 e. The van der Waals surface area contributed by atoms with Gasteiger partial charge in [-0.3, -0.25) is 0 Å². The third-order valence-corrected chi connectivity index (χ3v) is 2.96. The van der Waals surface area contributed by atoms with E-state index in [0.717, 1.165) is 5.16 Å². The van der Waals surface area contributed by atoms with Crippen LogP contribution in [0, 0.1) is 6.92 Å². The average molecular weight is 198 g/mol. The highest BCUT2D eigenvalue weighted by atomic mass is 32.2. The van der Waals surface area contributed by atoms with Gasteiger partial charge in [-0.2, -0.15) is 0 Å². The van der Waals surface area contributed by atoms with Crippen LogP contribution in [-0.2, 0) is 12.5 Å². The maximum absolute atomic E-state index is 4.62. The Bertz CT molecular complexity index is 307. The fraction of sp³-hybridized carbons (Fsp3) is 0.700. The molecule has 0 atom stereocenters. The van der Waals surface area contributed by atoms with E-state index in [4.69, 9.17) is 0 Å². The molecule has 3 heteroatoms. The van der Waals surface area contributed by atoms with Gasteiger partial charge >= 0.3 is 0 Å². The van der Waals surface area contributed by atoms with Gasteiger partial charge in [0.15, 0.2) is 5.16 Å². The number of hydrogen-bond donors (Lipinski definition) is 0. The lowest BCUT2D eigenvalue weighted by atomic mass is 9.91. The minimum atomic E-state index is 0.149. The minimum Gasteiger partial charge on any atom is -0.326 e. The van der Waals surface area contributed by atoms with Crippen LogP contribution in [0.1, 0.15) is 32.2 Å². The smallest absolute Gasteiger partial charge is 0.167 e. The van der Waals surface area contributed by atoms with Crippen LogP contribution < -0.4 is 0 Å². The number of hydrogen-bond acceptors (Lipinski definition) is 2. The summed E-state index contributed by atoms with van der Waals surface area (Å²) in [4.78, 5) is 4.62. The fourth-order valence-corrected chi connectivity index (χ4v) is 2.04. The summed E-state index contributed by atoms with van der Waals surface area (Å²) in [6.07, 6.45) is 2.06. The van der Waals surface area contributed by atoms with Crippen LogP contribution in [0.4, 0.5) is 0 Å². The van der Waals surface area contributed by atoms with E-state index in [1.807, 2.05) is 0 Å². The Hall–Kier alpha value is -0.440. The highest BCUT2D eigenvalue weighted by molar-refractivity contribution is 7.98. The molecule has 0 aliphatic rings. The lowest BCUT2D eigenvalue weighted by Gasteiger charge is -2.16. The molecule has 0 bridgehead atoms. The van der Waals surface area contributed by atoms with Crippen LogP contribution >= 0.6 is 11.8 Å². The van der Waals surface area contributed by atoms with Gasteiger partial charge in [0.2, 0.25) is 0 Å². The molecule has 0 saturated heterocycles. The highest BCUT2D eigenvalue weighted by Gasteiger charge is 2.22. The molecule has 0 spiro atoms. The van der Waals surface area contributed by atoms with Gasteiger partial charge in [-0.1, -0.05) is 32.5 Å². The van der Waals surface area contributed by atoms with E-state index in [9.17, 15) is 0 Å². The van der Waals surface area contributed by atoms with Crippen molar-refractivity contribution in [1.82, 2.24) is 9.55 Å². The van der Waals surface area contributed by atoms with Gasteiger partial charge in [0.1, 0.15) is 0 Å². The SMILES string of the molecule is CSc1nc(C(C)(C)C)c(C)n1C. The van der Waals surface area contributed by atoms with Crippen molar-refractivity contribution < 1.29 is 0 Å². The first-order valence-electron chi connectivity index (χ1n) is 4.45. The zero-order valence-electron chi connectivity index (χ0n) is 9.30. The summed E-state index contributed by atoms with van der Waals surface area (Å²) in [6.45, 7) is 8.73. The van der Waals surface area contributed by atoms with E-state index in [0.29, 0.717) is 0 Å². The first kappa shape index (κ1) is 10.6. The Balaban J connectivity index is 3.25. The van der Waals surface area contributed by atoms with Gasteiger partial charge in [-0.25, -0.2) is 4.98 Å². The Morgan fingerprint density at radius 2 is 1.85 bits per heavy atom. The molecule has 0 aliphatic carbocycles. The molecule has 0 N–H and O–H groups in total. The number of imidazole rings is 1. The van der Waals surface area contributed by atoms with Gasteiger partial charge in [-0.05, 0) is 13.2 Å². The summed E-state index contributed by atoms with van der Waals surface area (Å²) in [5.41, 5.74) is 2.63. The maximum Gasteiger partial charge on any atom is 0.167 e. The first-order valence-corrected chi connectivity index (χ1v) is 5.68. The molecule has 0 aromatic carbocycles. The summed E-state index contributed by atoms with van der Waals surface area (Å²) in [5.74, 6) is 0. The normalized spacial score (nSPS) is 12.2. The minimum absolute atomic E-state index is 0.149. The molecular weight excluding hydrogens is 180 g/mol. The van der Waals surface area contributed by atoms with Crippen molar-refractivity contribution in [1.29, 1.82) is 0 Å². The molecule has 0 fully saturated rings. The van der Waals surface area contributed by atoms with Gasteiger partial charge < -0.3 is 4.57 Å². The van der Waals surface area contributed by atoms with E-state index >= 15 is 0 Å². The molecule has 2 nitrogen and oxygen atoms in total. The fourth-order valence-electron chi connectivity index (χ4n) is 1.45. The van der Waals surface area contributed by atoms with Crippen molar-refractivity contribution in [2.45, 2.75) is 38.3 Å². The topological polar surface area (TPSA) is 17.8 Å². The maximum atomic E-state index is 4.62. The van der Waals surface area contributed by atoms with Crippen LogP contribution in [-0.4, -0.2) is 15.8 Å². The van der Waals surface area contributed by atoms with Crippen molar-refractivity contribution in [2.24, 2.45) is 7.05 Å². The number of thioether (sulfide) groups is 1. The molecule has 0 unspecified atom stereocenters. The third-order valence-electron chi connectivity index (χ3n) is 2.23. The van der Waals surface area contributed by atoms with E-state index in [2.05, 4.69) is 50.5 Å². The molecule has 1 rings (SSSR count). The van der Waals surface area contributed by atoms with Crippen molar-refractivity contribution in [3.8, 4) is 0 Å². The summed E-state index contributed by atoms with van der Waals surface area (Å²) >= 11 is 1.70. The number of rotatable bonds is 1. The van der Waals surface area contributed by atoms with Crippen LogP contribution in [0.2, 0.25) is 0 Å². The molecule has 0 radical (unpaired) electrons. The summed E-state index contributed by atoms with van der Waals surface area (Å²) < 4.78 is 2.16. The van der Waals surface area contributed by atoms with Crippen LogP contribution in [0.25, 0.3) is 0 Å². The van der Waals surface area contributed by atoms with E-state index in [1.165, 1.54) is 11.4 Å². The second kappa shape index (κ2) is 3.37. The van der Waals surface area contributed by atoms with Crippen molar-refractivity contribution >= 4 is 11.8 Å². The van der Waals surface area contributed by atoms with Crippen LogP contribution in [0.3, 0.4) is 0 Å². The molecular formula is C10H18N2S. The van der Waals surface area contributed by atoms with E-state index in [-0.39, 0.29) is 5.41 Å². The Morgan fingerprint density at radius 3 is 2.08 bits per heavy atom. The molecule has 0 saturated carbocycles. The first-order chi connectivity index (χ1) is 5.88. The standard InChI is InChI=1S/C10H18N2S/c1-7-8(10(2,3)4)11-9(13-6)12(7)5/h1-6H3. The predicted molar refractivity (Wildman–Crippen MR) is 58.4 cm³/mol. The predicted octanol–water partition coefficient (Wildman–Crippen LogP) is 2.75. The van der Waals surface area contributed by atoms with Gasteiger partial charge in [0.25, 0.3) is 0 Å². The van der Waals surface area contributed by atoms with Gasteiger partial charge in [-0.15, -0.1) is 0 Å². The third kappa shape index (κ3) is 1.90. The Labute approximate surface area is 84.7 Å². The summed E-state index contributed by atoms with van der Waals surface area (Å²) in [5, 5.41) is 1.10. The molecule has 74 valence electrons. The van der Waals surface area contributed by atoms with Crippen molar-refractivity contribution in [2.75, 3.05) is 6.26 Å². The molecule has 1 aromatic heterocycles. The molecule has 1 aromatic rings. The number of nitrogens with zero attached hydrogens (tertiary/aromatic N) is 2. The van der Waals surface area contributed by atoms with Crippen molar-refractivity contribution in [3.63, 3.8) is 0 Å². The zero-order valence-corrected chi connectivity index (χ0v) is 10.1. The summed E-state index contributed by atoms with van der Waals surface area (Å²) in [6, 6.07) is 0. The lowest BCUT2D eigenvalue weighted by molar-refractivity contribution is 0.565. The monoisotopic (exact) mass is 198 g/mol. The summed E-state index contributed by atoms with van der Waals surface area (Å²) in [7, 11) is 2.07. The molecule has 1 heterocycles. The van der Waals surface area contributed by atoms with Crippen molar-refractivity contribution in [3.05, 3.63) is 11.4 Å². The van der Waals surface area contributed by atoms with E-state index < -0.39 is 0 Å². The Morgan fingerprint density at radius 1 is 1.31 bits per heavy atom. The van der Waals surface area contributed by atoms with Gasteiger partial charge in [0, 0.05) is 18.2 Å². The second-order valence-electron chi connectivity index (χ2n) is 4.34. The van der Waals surface area contributed by atoms with Crippen LogP contribution in [0.5, 0.6) is 0 Å². The number of aromatic nitrogens is 2. The molecule has 0 aliphatic heterocycles. The van der Waals surface area contributed by atoms with E-state index in [1.54, 1.807) is 11.8 Å². The molecule has 13 heavy (non-hydrogen) atoms. The average Bonchev–Trinajstić information content (AvgIpc) is 2.28. The van der Waals surface area contributed by atoms with Crippen LogP contribution in [0.15, 0.2) is 5.16 Å². The van der Waals surface area contributed by atoms with Gasteiger partial charge in [0.05, 0.1) is 5.69 Å². The quantitative estimate of drug-likeness (QED) is 0.646. The zero-order chi connectivity index (χ0) is 10.2. The Kier molecular flexibility index (Phi) is 2.76. The second-order valence-corrected chi connectivity index (χ2v) is 5.11. The highest BCUT2D eigenvalue weighted by Crippen LogP contribution is 2.27. The lowest BCUT2D eigenvalue weighted by Crippen LogP contribution is -2.13. The molecule has 0 amide bonds.